The van der Waals surface area contributed by atoms with E-state index in [0.717, 1.165) is 32.7 Å². The van der Waals surface area contributed by atoms with E-state index in [4.69, 9.17) is 5.26 Å². The molecule has 0 bridgehead atoms. The minimum atomic E-state index is -0.376. The Morgan fingerprint density at radius 3 is 2.55 bits per heavy atom. The van der Waals surface area contributed by atoms with E-state index >= 15 is 0 Å². The maximum Gasteiger partial charge on any atom is 0.270 e. The number of benzene rings is 1. The summed E-state index contributed by atoms with van der Waals surface area (Å²) in [5.74, 6) is 0.545. The zero-order chi connectivity index (χ0) is 15.4. The number of piperazine rings is 1. The van der Waals surface area contributed by atoms with Crippen LogP contribution in [0.1, 0.15) is 11.1 Å². The Bertz CT molecular complexity index is 726. The maximum absolute atomic E-state index is 11.7. The number of hydrogen-bond acceptors (Lipinski definition) is 5. The van der Waals surface area contributed by atoms with Gasteiger partial charge < -0.3 is 4.90 Å². The van der Waals surface area contributed by atoms with E-state index in [-0.39, 0.29) is 11.1 Å². The molecule has 0 saturated carbocycles. The van der Waals surface area contributed by atoms with E-state index in [0.29, 0.717) is 5.95 Å². The van der Waals surface area contributed by atoms with Gasteiger partial charge in [0.25, 0.3) is 5.56 Å². The van der Waals surface area contributed by atoms with Crippen molar-refractivity contribution in [3.05, 3.63) is 58.0 Å². The summed E-state index contributed by atoms with van der Waals surface area (Å²) in [4.78, 5) is 22.9. The summed E-state index contributed by atoms with van der Waals surface area (Å²) in [7, 11) is 0. The van der Waals surface area contributed by atoms with E-state index in [1.165, 1.54) is 11.8 Å². The average Bonchev–Trinajstić information content (AvgIpc) is 2.56. The standard InChI is InChI=1S/C16H17N5O/c17-10-14-11-18-16(19-15(14)22)21-8-6-20(7-9-21)12-13-4-2-1-3-5-13/h1-5,11H,6-9,12H2,(H,18,19,22). The zero-order valence-corrected chi connectivity index (χ0v) is 12.2. The molecule has 2 aromatic rings. The molecule has 1 aliphatic heterocycles. The maximum atomic E-state index is 11.7. The number of aromatic nitrogens is 2. The first-order valence-electron chi connectivity index (χ1n) is 7.27. The second-order valence-electron chi connectivity index (χ2n) is 5.31. The van der Waals surface area contributed by atoms with Crippen LogP contribution in [-0.2, 0) is 6.54 Å². The van der Waals surface area contributed by atoms with Gasteiger partial charge in [0.1, 0.15) is 11.6 Å². The Hall–Kier alpha value is -2.65. The monoisotopic (exact) mass is 295 g/mol. The molecule has 112 valence electrons. The van der Waals surface area contributed by atoms with Crippen LogP contribution >= 0.6 is 0 Å². The average molecular weight is 295 g/mol. The SMILES string of the molecule is N#Cc1cnc(N2CCN(Cc3ccccc3)CC2)[nH]c1=O. The Kier molecular flexibility index (Phi) is 4.17. The minimum Gasteiger partial charge on any atom is -0.340 e. The normalized spacial score (nSPS) is 15.5. The van der Waals surface area contributed by atoms with Crippen LogP contribution in [0.3, 0.4) is 0 Å². The van der Waals surface area contributed by atoms with E-state index in [2.05, 4.69) is 39.1 Å². The summed E-state index contributed by atoms with van der Waals surface area (Å²) >= 11 is 0. The molecule has 3 rings (SSSR count). The molecule has 0 unspecified atom stereocenters. The molecule has 0 radical (unpaired) electrons. The van der Waals surface area contributed by atoms with Crippen LogP contribution in [0.25, 0.3) is 0 Å². The second kappa shape index (κ2) is 6.41. The van der Waals surface area contributed by atoms with Gasteiger partial charge in [-0.05, 0) is 5.56 Å². The van der Waals surface area contributed by atoms with Crippen molar-refractivity contribution in [1.82, 2.24) is 14.9 Å². The van der Waals surface area contributed by atoms with Crippen molar-refractivity contribution >= 4 is 5.95 Å². The van der Waals surface area contributed by atoms with Gasteiger partial charge >= 0.3 is 0 Å². The molecule has 1 aliphatic rings. The Morgan fingerprint density at radius 1 is 1.18 bits per heavy atom. The third-order valence-electron chi connectivity index (χ3n) is 3.83. The molecule has 0 aliphatic carbocycles. The third-order valence-corrected chi connectivity index (χ3v) is 3.83. The predicted octanol–water partition coefficient (Wildman–Crippen LogP) is 0.964. The molecule has 2 heterocycles. The number of H-pyrrole nitrogens is 1. The zero-order valence-electron chi connectivity index (χ0n) is 12.2. The first kappa shape index (κ1) is 14.3. The van der Waals surface area contributed by atoms with Crippen molar-refractivity contribution < 1.29 is 0 Å². The first-order valence-corrected chi connectivity index (χ1v) is 7.27. The van der Waals surface area contributed by atoms with Gasteiger partial charge in [0.05, 0.1) is 6.20 Å². The lowest BCUT2D eigenvalue weighted by molar-refractivity contribution is 0.248. The lowest BCUT2D eigenvalue weighted by Gasteiger charge is -2.34. The lowest BCUT2D eigenvalue weighted by Crippen LogP contribution is -2.47. The summed E-state index contributed by atoms with van der Waals surface area (Å²) in [6.45, 7) is 4.38. The summed E-state index contributed by atoms with van der Waals surface area (Å²) in [5, 5.41) is 8.76. The number of anilines is 1. The van der Waals surface area contributed by atoms with Crippen molar-refractivity contribution in [1.29, 1.82) is 5.26 Å². The van der Waals surface area contributed by atoms with Gasteiger partial charge in [0.2, 0.25) is 5.95 Å². The van der Waals surface area contributed by atoms with Crippen LogP contribution in [0.15, 0.2) is 41.3 Å². The molecule has 1 aromatic heterocycles. The Labute approximate surface area is 128 Å². The molecule has 1 aromatic carbocycles. The Balaban J connectivity index is 1.61. The summed E-state index contributed by atoms with van der Waals surface area (Å²) < 4.78 is 0. The smallest absolute Gasteiger partial charge is 0.270 e. The number of rotatable bonds is 3. The van der Waals surface area contributed by atoms with E-state index in [1.54, 1.807) is 0 Å². The van der Waals surface area contributed by atoms with Gasteiger partial charge in [-0.2, -0.15) is 5.26 Å². The molecule has 22 heavy (non-hydrogen) atoms. The number of hydrogen-bond donors (Lipinski definition) is 1. The third kappa shape index (κ3) is 3.15. The van der Waals surface area contributed by atoms with Crippen molar-refractivity contribution in [2.24, 2.45) is 0 Å². The molecule has 6 heteroatoms. The van der Waals surface area contributed by atoms with Crippen LogP contribution in [0, 0.1) is 11.3 Å². The van der Waals surface area contributed by atoms with Crippen molar-refractivity contribution in [3.63, 3.8) is 0 Å². The predicted molar refractivity (Wildman–Crippen MR) is 83.5 cm³/mol. The lowest BCUT2D eigenvalue weighted by atomic mass is 10.2. The van der Waals surface area contributed by atoms with Crippen molar-refractivity contribution in [3.8, 4) is 6.07 Å². The molecule has 1 fully saturated rings. The molecule has 0 amide bonds. The highest BCUT2D eigenvalue weighted by atomic mass is 16.1. The largest absolute Gasteiger partial charge is 0.340 e. The quantitative estimate of drug-likeness (QED) is 0.913. The van der Waals surface area contributed by atoms with Gasteiger partial charge in [0.15, 0.2) is 0 Å². The summed E-state index contributed by atoms with van der Waals surface area (Å²) in [6, 6.07) is 12.2. The highest BCUT2D eigenvalue weighted by Gasteiger charge is 2.19. The number of nitrogens with one attached hydrogen (secondary N) is 1. The van der Waals surface area contributed by atoms with E-state index in [9.17, 15) is 4.79 Å². The van der Waals surface area contributed by atoms with Crippen molar-refractivity contribution in [2.75, 3.05) is 31.1 Å². The van der Waals surface area contributed by atoms with E-state index in [1.807, 2.05) is 17.0 Å². The van der Waals surface area contributed by atoms with Gasteiger partial charge in [-0.25, -0.2) is 4.98 Å². The Morgan fingerprint density at radius 2 is 1.91 bits per heavy atom. The van der Waals surface area contributed by atoms with Gasteiger partial charge in [-0.3, -0.25) is 14.7 Å². The second-order valence-corrected chi connectivity index (χ2v) is 5.31. The topological polar surface area (TPSA) is 76.0 Å². The summed E-state index contributed by atoms with van der Waals surface area (Å²) in [5.41, 5.74) is 0.978. The number of nitrogens with zero attached hydrogens (tertiary/aromatic N) is 4. The minimum absolute atomic E-state index is 0.0477. The van der Waals surface area contributed by atoms with Crippen molar-refractivity contribution in [2.45, 2.75) is 6.54 Å². The highest BCUT2D eigenvalue weighted by molar-refractivity contribution is 5.33. The fraction of sp³-hybridized carbons (Fsp3) is 0.312. The number of nitriles is 1. The fourth-order valence-electron chi connectivity index (χ4n) is 2.59. The van der Waals surface area contributed by atoms with Crippen LogP contribution < -0.4 is 10.5 Å². The van der Waals surface area contributed by atoms with Gasteiger partial charge in [-0.1, -0.05) is 30.3 Å². The van der Waals surface area contributed by atoms with Gasteiger partial charge in [0, 0.05) is 32.7 Å². The number of aromatic amines is 1. The molecule has 0 atom stereocenters. The van der Waals surface area contributed by atoms with Gasteiger partial charge in [-0.15, -0.1) is 0 Å². The molecule has 1 saturated heterocycles. The first-order chi connectivity index (χ1) is 10.8. The van der Waals surface area contributed by atoms with Crippen LogP contribution in [0.4, 0.5) is 5.95 Å². The van der Waals surface area contributed by atoms with Crippen LogP contribution in [0.5, 0.6) is 0 Å². The highest BCUT2D eigenvalue weighted by Crippen LogP contribution is 2.12. The van der Waals surface area contributed by atoms with Crippen LogP contribution in [-0.4, -0.2) is 41.0 Å². The molecule has 0 spiro atoms. The van der Waals surface area contributed by atoms with Crippen LogP contribution in [0.2, 0.25) is 0 Å². The fourth-order valence-corrected chi connectivity index (χ4v) is 2.59. The van der Waals surface area contributed by atoms with E-state index < -0.39 is 0 Å². The molecule has 6 nitrogen and oxygen atoms in total. The molecular formula is C16H17N5O. The molecular weight excluding hydrogens is 278 g/mol. The molecule has 1 N–H and O–H groups in total. The summed E-state index contributed by atoms with van der Waals surface area (Å²) in [6.07, 6.45) is 1.34.